The zero-order chi connectivity index (χ0) is 34.0. The molecule has 0 bridgehead atoms. The van der Waals surface area contributed by atoms with Crippen LogP contribution in [0.5, 0.6) is 11.5 Å². The van der Waals surface area contributed by atoms with Gasteiger partial charge in [0.05, 0.1) is 18.5 Å². The summed E-state index contributed by atoms with van der Waals surface area (Å²) in [4.78, 5) is 41.2. The lowest BCUT2D eigenvalue weighted by Gasteiger charge is -2.23. The number of para-hydroxylation sites is 1. The monoisotopic (exact) mass is 646 g/mol. The first-order chi connectivity index (χ1) is 23.2. The smallest absolute Gasteiger partial charge is 0.425 e. The maximum Gasteiger partial charge on any atom is 0.425 e. The number of likely N-dealkylation sites (N-methyl/N-ethyl adjacent to an activating group) is 2. The van der Waals surface area contributed by atoms with E-state index in [4.69, 9.17) is 9.47 Å². The van der Waals surface area contributed by atoms with Crippen LogP contribution in [0, 0.1) is 17.2 Å². The fourth-order valence-electron chi connectivity index (χ4n) is 4.70. The fraction of sp³-hybridized carbons (Fsp3) is 0.250. The second kappa shape index (κ2) is 15.6. The zero-order valence-electron chi connectivity index (χ0n) is 27.4. The molecule has 1 aliphatic carbocycles. The van der Waals surface area contributed by atoms with Crippen molar-refractivity contribution in [2.24, 2.45) is 5.92 Å². The van der Waals surface area contributed by atoms with Gasteiger partial charge in [-0.2, -0.15) is 10.2 Å². The lowest BCUT2D eigenvalue weighted by atomic mass is 10.2. The highest BCUT2D eigenvalue weighted by molar-refractivity contribution is 6.07. The van der Waals surface area contributed by atoms with Crippen molar-refractivity contribution in [3.8, 4) is 17.6 Å². The molecule has 246 valence electrons. The third kappa shape index (κ3) is 8.86. The van der Waals surface area contributed by atoms with Crippen LogP contribution in [-0.4, -0.2) is 68.2 Å². The first-order valence-corrected chi connectivity index (χ1v) is 15.5. The number of rotatable bonds is 13. The number of aromatic nitrogens is 2. The Kier molecular flexibility index (Phi) is 10.8. The topological polar surface area (TPSA) is 136 Å². The fourth-order valence-corrected chi connectivity index (χ4v) is 4.70. The molecule has 1 aromatic heterocycles. The number of carbonyl (C=O) groups is 2. The molecule has 12 heteroatoms. The number of hydrogen-bond acceptors (Lipinski definition) is 10. The van der Waals surface area contributed by atoms with Crippen molar-refractivity contribution in [3.63, 3.8) is 0 Å². The van der Waals surface area contributed by atoms with Crippen LogP contribution in [0.25, 0.3) is 0 Å². The molecule has 48 heavy (non-hydrogen) atoms. The van der Waals surface area contributed by atoms with E-state index in [2.05, 4.69) is 30.4 Å². The Morgan fingerprint density at radius 2 is 1.77 bits per heavy atom. The molecule has 0 spiro atoms. The lowest BCUT2D eigenvalue weighted by Crippen LogP contribution is -2.30. The molecule has 5 rings (SSSR count). The molecular formula is C36H38N8O4. The molecule has 1 saturated carbocycles. The Balaban J connectivity index is 1.43. The van der Waals surface area contributed by atoms with Crippen LogP contribution in [0.3, 0.4) is 0 Å². The van der Waals surface area contributed by atoms with Gasteiger partial charge in [0.1, 0.15) is 29.0 Å². The van der Waals surface area contributed by atoms with E-state index in [-0.39, 0.29) is 23.3 Å². The largest absolute Gasteiger partial charge is 0.494 e. The minimum Gasteiger partial charge on any atom is -0.494 e. The van der Waals surface area contributed by atoms with Crippen LogP contribution in [0.2, 0.25) is 0 Å². The first kappa shape index (κ1) is 33.4. The predicted octanol–water partition coefficient (Wildman–Crippen LogP) is 6.36. The standard InChI is InChI=1S/C36H38N8O4/c1-42(2)19-20-43(3)28-15-16-31(32(23-28)47-4)40-35-38-18-17-33(41-35)44(36(46)48-30-11-6-5-7-12-30)29-10-8-9-27(22-29)39-34(45)26(24-37)21-25-13-14-25/h5-12,15-18,21-23,25H,13-14,19-20H2,1-4H3,(H,39,45)(H,38,40,41)/b26-21-. The van der Waals surface area contributed by atoms with Crippen molar-refractivity contribution in [2.75, 3.05) is 61.8 Å². The summed E-state index contributed by atoms with van der Waals surface area (Å²) in [6, 6.07) is 24.7. The average Bonchev–Trinajstić information content (AvgIpc) is 3.91. The van der Waals surface area contributed by atoms with Gasteiger partial charge in [0.15, 0.2) is 0 Å². The number of methoxy groups -OCH3 is 1. The normalized spacial score (nSPS) is 12.5. The number of nitrogens with zero attached hydrogens (tertiary/aromatic N) is 6. The summed E-state index contributed by atoms with van der Waals surface area (Å²) in [6.45, 7) is 1.74. The maximum absolute atomic E-state index is 13.8. The molecule has 1 aliphatic rings. The Hall–Kier alpha value is -5.93. The van der Waals surface area contributed by atoms with Gasteiger partial charge in [-0.05, 0) is 75.3 Å². The highest BCUT2D eigenvalue weighted by atomic mass is 16.6. The van der Waals surface area contributed by atoms with Crippen LogP contribution in [0.15, 0.2) is 96.7 Å². The Morgan fingerprint density at radius 3 is 2.48 bits per heavy atom. The molecule has 3 aromatic carbocycles. The minimum atomic E-state index is -0.733. The van der Waals surface area contributed by atoms with Gasteiger partial charge < -0.3 is 29.9 Å². The molecule has 4 aromatic rings. The molecule has 12 nitrogen and oxygen atoms in total. The van der Waals surface area contributed by atoms with Gasteiger partial charge in [-0.15, -0.1) is 0 Å². The van der Waals surface area contributed by atoms with Crippen molar-refractivity contribution >= 4 is 46.5 Å². The molecule has 2 N–H and O–H groups in total. The molecule has 0 aliphatic heterocycles. The summed E-state index contributed by atoms with van der Waals surface area (Å²) in [6.07, 6.45) is 4.42. The number of carbonyl (C=O) groups excluding carboxylic acids is 2. The third-order valence-electron chi connectivity index (χ3n) is 7.51. The average molecular weight is 647 g/mol. The van der Waals surface area contributed by atoms with E-state index in [1.807, 2.05) is 51.5 Å². The van der Waals surface area contributed by atoms with Gasteiger partial charge in [-0.25, -0.2) is 14.7 Å². The van der Waals surface area contributed by atoms with Crippen LogP contribution in [-0.2, 0) is 4.79 Å². The van der Waals surface area contributed by atoms with E-state index in [9.17, 15) is 14.9 Å². The zero-order valence-corrected chi connectivity index (χ0v) is 27.4. The lowest BCUT2D eigenvalue weighted by molar-refractivity contribution is -0.112. The maximum atomic E-state index is 13.8. The number of allylic oxidation sites excluding steroid dienone is 1. The predicted molar refractivity (Wildman–Crippen MR) is 186 cm³/mol. The number of hydrogen-bond donors (Lipinski definition) is 2. The number of nitriles is 1. The summed E-state index contributed by atoms with van der Waals surface area (Å²) < 4.78 is 11.4. The first-order valence-electron chi connectivity index (χ1n) is 15.5. The third-order valence-corrected chi connectivity index (χ3v) is 7.51. The van der Waals surface area contributed by atoms with Gasteiger partial charge in [0, 0.05) is 49.8 Å². The molecule has 0 atom stereocenters. The number of ether oxygens (including phenoxy) is 2. The highest BCUT2D eigenvalue weighted by Crippen LogP contribution is 2.34. The van der Waals surface area contributed by atoms with Crippen LogP contribution in [0.4, 0.5) is 39.3 Å². The summed E-state index contributed by atoms with van der Waals surface area (Å²) in [5.41, 5.74) is 2.43. The Morgan fingerprint density at radius 1 is 0.979 bits per heavy atom. The summed E-state index contributed by atoms with van der Waals surface area (Å²) >= 11 is 0. The summed E-state index contributed by atoms with van der Waals surface area (Å²) in [7, 11) is 7.68. The van der Waals surface area contributed by atoms with Crippen LogP contribution >= 0.6 is 0 Å². The van der Waals surface area contributed by atoms with E-state index in [1.54, 1.807) is 67.8 Å². The summed E-state index contributed by atoms with van der Waals surface area (Å²) in [5, 5.41) is 15.5. The van der Waals surface area contributed by atoms with Gasteiger partial charge in [0.2, 0.25) is 5.95 Å². The van der Waals surface area contributed by atoms with Gasteiger partial charge in [0.25, 0.3) is 5.91 Å². The minimum absolute atomic E-state index is 0.0541. The molecule has 0 unspecified atom stereocenters. The Labute approximate surface area is 280 Å². The van der Waals surface area contributed by atoms with Crippen LogP contribution < -0.4 is 29.9 Å². The second-order valence-electron chi connectivity index (χ2n) is 11.5. The van der Waals surface area contributed by atoms with E-state index in [0.29, 0.717) is 28.6 Å². The van der Waals surface area contributed by atoms with Crippen molar-refractivity contribution < 1.29 is 19.1 Å². The van der Waals surface area contributed by atoms with Gasteiger partial charge >= 0.3 is 6.09 Å². The van der Waals surface area contributed by atoms with Gasteiger partial charge in [-0.1, -0.05) is 30.3 Å². The SMILES string of the molecule is COc1cc(N(C)CCN(C)C)ccc1Nc1nccc(N(C(=O)Oc2ccccc2)c2cccc(NC(=O)/C(C#N)=C\C3CC3)c2)n1. The molecule has 0 radical (unpaired) electrons. The van der Waals surface area contributed by atoms with Crippen LogP contribution in [0.1, 0.15) is 12.8 Å². The van der Waals surface area contributed by atoms with Crippen molar-refractivity contribution in [2.45, 2.75) is 12.8 Å². The quantitative estimate of drug-likeness (QED) is 0.125. The highest BCUT2D eigenvalue weighted by Gasteiger charge is 2.25. The Bertz CT molecular complexity index is 1820. The molecule has 2 amide bonds. The van der Waals surface area contributed by atoms with E-state index >= 15 is 0 Å². The van der Waals surface area contributed by atoms with E-state index < -0.39 is 12.0 Å². The number of benzene rings is 3. The van der Waals surface area contributed by atoms with Crippen molar-refractivity contribution in [3.05, 3.63) is 96.7 Å². The van der Waals surface area contributed by atoms with E-state index in [0.717, 1.165) is 31.6 Å². The second-order valence-corrected chi connectivity index (χ2v) is 11.5. The molecule has 1 fully saturated rings. The molecule has 0 saturated heterocycles. The number of nitrogens with one attached hydrogen (secondary N) is 2. The van der Waals surface area contributed by atoms with E-state index in [1.165, 1.54) is 11.1 Å². The number of amides is 2. The van der Waals surface area contributed by atoms with Crippen molar-refractivity contribution in [1.82, 2.24) is 14.9 Å². The number of anilines is 6. The summed E-state index contributed by atoms with van der Waals surface area (Å²) in [5.74, 6) is 1.10. The molecule has 1 heterocycles. The van der Waals surface area contributed by atoms with Crippen molar-refractivity contribution in [1.29, 1.82) is 5.26 Å². The molecular weight excluding hydrogens is 608 g/mol. The van der Waals surface area contributed by atoms with Gasteiger partial charge in [-0.3, -0.25) is 4.79 Å².